The minimum Gasteiger partial charge on any atom is -0.299 e. The Morgan fingerprint density at radius 1 is 1.00 bits per heavy atom. The molecule has 102 valence electrons. The van der Waals surface area contributed by atoms with Crippen molar-refractivity contribution in [3.8, 4) is 6.07 Å². The van der Waals surface area contributed by atoms with E-state index >= 15 is 0 Å². The summed E-state index contributed by atoms with van der Waals surface area (Å²) in [6, 6.07) is 3.11. The van der Waals surface area contributed by atoms with Crippen molar-refractivity contribution < 1.29 is 0 Å². The number of rotatable bonds is 1. The molecule has 2 unspecified atom stereocenters. The van der Waals surface area contributed by atoms with Gasteiger partial charge in [-0.15, -0.1) is 0 Å². The minimum atomic E-state index is 0.296. The number of nitrogens with zero attached hydrogens (tertiary/aromatic N) is 2. The zero-order chi connectivity index (χ0) is 13.2. The van der Waals surface area contributed by atoms with Gasteiger partial charge in [0, 0.05) is 6.04 Å². The summed E-state index contributed by atoms with van der Waals surface area (Å²) in [6.07, 6.45) is 7.59. The Hall–Kier alpha value is -0.550. The third-order valence-corrected chi connectivity index (χ3v) is 5.12. The molecule has 2 nitrogen and oxygen atoms in total. The second-order valence-electron chi connectivity index (χ2n) is 7.26. The lowest BCUT2D eigenvalue weighted by Crippen LogP contribution is -2.47. The van der Waals surface area contributed by atoms with Crippen LogP contribution in [0.3, 0.4) is 0 Å². The van der Waals surface area contributed by atoms with E-state index in [0.717, 1.165) is 12.3 Å². The van der Waals surface area contributed by atoms with Crippen molar-refractivity contribution in [2.24, 2.45) is 17.3 Å². The Morgan fingerprint density at radius 2 is 1.61 bits per heavy atom. The van der Waals surface area contributed by atoms with Crippen molar-refractivity contribution in [1.29, 1.82) is 5.26 Å². The van der Waals surface area contributed by atoms with Crippen molar-refractivity contribution in [3.05, 3.63) is 0 Å². The summed E-state index contributed by atoms with van der Waals surface area (Å²) in [7, 11) is 0. The Morgan fingerprint density at radius 3 is 2.17 bits per heavy atom. The van der Waals surface area contributed by atoms with Gasteiger partial charge in [0.1, 0.15) is 0 Å². The molecule has 1 heterocycles. The van der Waals surface area contributed by atoms with Gasteiger partial charge in [0.25, 0.3) is 0 Å². The van der Waals surface area contributed by atoms with Gasteiger partial charge in [-0.25, -0.2) is 0 Å². The zero-order valence-electron chi connectivity index (χ0n) is 12.3. The van der Waals surface area contributed by atoms with Gasteiger partial charge in [0.2, 0.25) is 0 Å². The number of hydrogen-bond acceptors (Lipinski definition) is 2. The SMILES string of the molecule is CC(C)(C)C1CCN(C2CCCCC2C#N)CC1. The maximum atomic E-state index is 9.30. The molecule has 0 aromatic carbocycles. The van der Waals surface area contributed by atoms with Crippen molar-refractivity contribution in [2.45, 2.75) is 65.3 Å². The molecule has 1 aliphatic carbocycles. The molecule has 1 aliphatic heterocycles. The van der Waals surface area contributed by atoms with Gasteiger partial charge in [0.15, 0.2) is 0 Å². The van der Waals surface area contributed by atoms with Crippen LogP contribution in [-0.4, -0.2) is 24.0 Å². The Labute approximate surface area is 112 Å². The summed E-state index contributed by atoms with van der Waals surface area (Å²) in [5.74, 6) is 1.16. The topological polar surface area (TPSA) is 27.0 Å². The monoisotopic (exact) mass is 248 g/mol. The maximum Gasteiger partial charge on any atom is 0.0672 e. The van der Waals surface area contributed by atoms with E-state index in [0.29, 0.717) is 17.4 Å². The standard InChI is InChI=1S/C16H28N2/c1-16(2,3)14-8-10-18(11-9-14)15-7-5-4-6-13(15)12-17/h13-15H,4-11H2,1-3H3. The van der Waals surface area contributed by atoms with Crippen LogP contribution in [0.15, 0.2) is 0 Å². The molecule has 0 spiro atoms. The predicted octanol–water partition coefficient (Wildman–Crippen LogP) is 3.83. The quantitative estimate of drug-likeness (QED) is 0.705. The van der Waals surface area contributed by atoms with E-state index in [4.69, 9.17) is 0 Å². The van der Waals surface area contributed by atoms with Crippen molar-refractivity contribution >= 4 is 0 Å². The molecule has 1 saturated heterocycles. The average Bonchev–Trinajstić information content (AvgIpc) is 2.38. The molecular formula is C16H28N2. The fourth-order valence-corrected chi connectivity index (χ4v) is 3.80. The van der Waals surface area contributed by atoms with Crippen molar-refractivity contribution in [1.82, 2.24) is 4.90 Å². The molecule has 2 heteroatoms. The first-order valence-corrected chi connectivity index (χ1v) is 7.66. The lowest BCUT2D eigenvalue weighted by atomic mass is 9.74. The predicted molar refractivity (Wildman–Crippen MR) is 75.1 cm³/mol. The highest BCUT2D eigenvalue weighted by Crippen LogP contribution is 2.37. The summed E-state index contributed by atoms with van der Waals surface area (Å²) in [6.45, 7) is 9.53. The number of hydrogen-bond donors (Lipinski definition) is 0. The fraction of sp³-hybridized carbons (Fsp3) is 0.938. The van der Waals surface area contributed by atoms with Gasteiger partial charge in [-0.2, -0.15) is 5.26 Å². The van der Waals surface area contributed by atoms with Crippen LogP contribution in [0, 0.1) is 28.6 Å². The third-order valence-electron chi connectivity index (χ3n) is 5.12. The molecule has 0 aromatic heterocycles. The highest BCUT2D eigenvalue weighted by atomic mass is 15.2. The van der Waals surface area contributed by atoms with Crippen LogP contribution in [-0.2, 0) is 0 Å². The van der Waals surface area contributed by atoms with Crippen LogP contribution in [0.5, 0.6) is 0 Å². The second kappa shape index (κ2) is 5.61. The van der Waals surface area contributed by atoms with E-state index in [-0.39, 0.29) is 0 Å². The van der Waals surface area contributed by atoms with Crippen molar-refractivity contribution in [3.63, 3.8) is 0 Å². The number of nitriles is 1. The Bertz CT molecular complexity index is 302. The summed E-state index contributed by atoms with van der Waals surface area (Å²) in [5.41, 5.74) is 0.452. The maximum absolute atomic E-state index is 9.30. The van der Waals surface area contributed by atoms with Gasteiger partial charge in [-0.05, 0) is 50.1 Å². The normalized spacial score (nSPS) is 32.1. The summed E-state index contributed by atoms with van der Waals surface area (Å²) in [5, 5.41) is 9.30. The minimum absolute atomic E-state index is 0.296. The highest BCUT2D eigenvalue weighted by Gasteiger charge is 2.35. The van der Waals surface area contributed by atoms with Crippen LogP contribution >= 0.6 is 0 Å². The highest BCUT2D eigenvalue weighted by molar-refractivity contribution is 4.97. The molecule has 0 bridgehead atoms. The molecule has 1 saturated carbocycles. The van der Waals surface area contributed by atoms with Crippen molar-refractivity contribution in [2.75, 3.05) is 13.1 Å². The lowest BCUT2D eigenvalue weighted by Gasteiger charge is -2.44. The van der Waals surface area contributed by atoms with Crippen LogP contribution in [0.2, 0.25) is 0 Å². The van der Waals surface area contributed by atoms with Crippen LogP contribution in [0.1, 0.15) is 59.3 Å². The molecular weight excluding hydrogens is 220 g/mol. The molecule has 2 rings (SSSR count). The number of likely N-dealkylation sites (tertiary alicyclic amines) is 1. The first-order valence-electron chi connectivity index (χ1n) is 7.66. The van der Waals surface area contributed by atoms with E-state index in [2.05, 4.69) is 31.7 Å². The van der Waals surface area contributed by atoms with E-state index in [1.165, 1.54) is 45.2 Å². The molecule has 2 fully saturated rings. The lowest BCUT2D eigenvalue weighted by molar-refractivity contribution is 0.0547. The van der Waals surface area contributed by atoms with Crippen LogP contribution < -0.4 is 0 Å². The zero-order valence-corrected chi connectivity index (χ0v) is 12.3. The molecule has 0 N–H and O–H groups in total. The van der Waals surface area contributed by atoms with Gasteiger partial charge < -0.3 is 0 Å². The van der Waals surface area contributed by atoms with Gasteiger partial charge in [0.05, 0.1) is 12.0 Å². The average molecular weight is 248 g/mol. The van der Waals surface area contributed by atoms with Crippen LogP contribution in [0.4, 0.5) is 0 Å². The molecule has 0 amide bonds. The molecule has 0 aromatic rings. The smallest absolute Gasteiger partial charge is 0.0672 e. The number of piperidine rings is 1. The van der Waals surface area contributed by atoms with E-state index in [1.54, 1.807) is 0 Å². The fourth-order valence-electron chi connectivity index (χ4n) is 3.80. The molecule has 0 radical (unpaired) electrons. The van der Waals surface area contributed by atoms with Gasteiger partial charge >= 0.3 is 0 Å². The largest absolute Gasteiger partial charge is 0.299 e. The van der Waals surface area contributed by atoms with E-state index in [1.807, 2.05) is 0 Å². The summed E-state index contributed by atoms with van der Waals surface area (Å²) in [4.78, 5) is 2.62. The Balaban J connectivity index is 1.91. The second-order valence-corrected chi connectivity index (χ2v) is 7.26. The summed E-state index contributed by atoms with van der Waals surface area (Å²) < 4.78 is 0. The van der Waals surface area contributed by atoms with E-state index in [9.17, 15) is 5.26 Å². The van der Waals surface area contributed by atoms with E-state index < -0.39 is 0 Å². The first kappa shape index (κ1) is 13.9. The molecule has 2 aliphatic rings. The third kappa shape index (κ3) is 3.06. The van der Waals surface area contributed by atoms with Crippen LogP contribution in [0.25, 0.3) is 0 Å². The van der Waals surface area contributed by atoms with Gasteiger partial charge in [-0.3, -0.25) is 4.90 Å². The Kier molecular flexibility index (Phi) is 4.33. The first-order chi connectivity index (χ1) is 8.52. The molecule has 18 heavy (non-hydrogen) atoms. The summed E-state index contributed by atoms with van der Waals surface area (Å²) >= 11 is 0. The molecule has 2 atom stereocenters. The van der Waals surface area contributed by atoms with Gasteiger partial charge in [-0.1, -0.05) is 33.6 Å².